The van der Waals surface area contributed by atoms with Gasteiger partial charge in [-0.25, -0.2) is 9.97 Å². The first-order chi connectivity index (χ1) is 7.38. The zero-order valence-corrected chi connectivity index (χ0v) is 10.6. The molecule has 0 radical (unpaired) electrons. The summed E-state index contributed by atoms with van der Waals surface area (Å²) in [7, 11) is 0. The van der Waals surface area contributed by atoms with Crippen molar-refractivity contribution in [3.8, 4) is 0 Å². The van der Waals surface area contributed by atoms with Crippen molar-refractivity contribution in [3.63, 3.8) is 0 Å². The Balaban J connectivity index is 2.54. The standard InChI is InChI=1S/C13H19N3/c1-8(2)9-6-7-10-11(14-9)16-12(15-10)13(3,4)5/h6-8H,1-5H3,(H,14,15,16). The predicted octanol–water partition coefficient (Wildman–Crippen LogP) is 3.38. The van der Waals surface area contributed by atoms with Gasteiger partial charge in [-0.1, -0.05) is 34.6 Å². The molecule has 2 rings (SSSR count). The van der Waals surface area contributed by atoms with Gasteiger partial charge in [0.15, 0.2) is 5.65 Å². The zero-order chi connectivity index (χ0) is 11.9. The quantitative estimate of drug-likeness (QED) is 0.795. The maximum atomic E-state index is 4.57. The molecule has 0 fully saturated rings. The second-order valence-electron chi connectivity index (χ2n) is 5.60. The van der Waals surface area contributed by atoms with E-state index in [1.807, 2.05) is 0 Å². The number of hydrogen-bond donors (Lipinski definition) is 1. The van der Waals surface area contributed by atoms with Gasteiger partial charge < -0.3 is 4.98 Å². The van der Waals surface area contributed by atoms with Crippen molar-refractivity contribution in [1.82, 2.24) is 15.0 Å². The fourth-order valence-corrected chi connectivity index (χ4v) is 1.58. The Morgan fingerprint density at radius 2 is 1.81 bits per heavy atom. The molecule has 0 atom stereocenters. The van der Waals surface area contributed by atoms with Gasteiger partial charge >= 0.3 is 0 Å². The molecule has 0 spiro atoms. The van der Waals surface area contributed by atoms with E-state index >= 15 is 0 Å². The van der Waals surface area contributed by atoms with Crippen molar-refractivity contribution < 1.29 is 0 Å². The molecule has 0 bridgehead atoms. The number of pyridine rings is 1. The average molecular weight is 217 g/mol. The smallest absolute Gasteiger partial charge is 0.177 e. The second kappa shape index (κ2) is 3.58. The van der Waals surface area contributed by atoms with Gasteiger partial charge in [0.1, 0.15) is 5.82 Å². The third-order valence-electron chi connectivity index (χ3n) is 2.67. The van der Waals surface area contributed by atoms with Crippen LogP contribution in [-0.2, 0) is 5.41 Å². The van der Waals surface area contributed by atoms with Crippen molar-refractivity contribution in [2.24, 2.45) is 0 Å². The van der Waals surface area contributed by atoms with Crippen molar-refractivity contribution >= 4 is 11.2 Å². The predicted molar refractivity (Wildman–Crippen MR) is 66.7 cm³/mol. The van der Waals surface area contributed by atoms with Crippen LogP contribution in [0.15, 0.2) is 12.1 Å². The van der Waals surface area contributed by atoms with Crippen LogP contribution in [0.1, 0.15) is 52.1 Å². The van der Waals surface area contributed by atoms with E-state index in [2.05, 4.69) is 61.7 Å². The minimum Gasteiger partial charge on any atom is -0.340 e. The molecule has 2 aromatic rings. The summed E-state index contributed by atoms with van der Waals surface area (Å²) >= 11 is 0. The Kier molecular flexibility index (Phi) is 2.49. The first kappa shape index (κ1) is 11.1. The highest BCUT2D eigenvalue weighted by atomic mass is 15.0. The summed E-state index contributed by atoms with van der Waals surface area (Å²) in [4.78, 5) is 12.5. The molecule has 0 aliphatic heterocycles. The first-order valence-electron chi connectivity index (χ1n) is 5.75. The van der Waals surface area contributed by atoms with E-state index in [1.165, 1.54) is 0 Å². The Hall–Kier alpha value is -1.38. The molecule has 3 nitrogen and oxygen atoms in total. The molecule has 0 aliphatic carbocycles. The lowest BCUT2D eigenvalue weighted by Crippen LogP contribution is -2.13. The van der Waals surface area contributed by atoms with Gasteiger partial charge in [0.2, 0.25) is 0 Å². The maximum Gasteiger partial charge on any atom is 0.177 e. The summed E-state index contributed by atoms with van der Waals surface area (Å²) < 4.78 is 0. The van der Waals surface area contributed by atoms with Crippen LogP contribution in [0.25, 0.3) is 11.2 Å². The molecule has 2 heterocycles. The lowest BCUT2D eigenvalue weighted by molar-refractivity contribution is 0.554. The molecule has 0 aliphatic rings. The SMILES string of the molecule is CC(C)c1ccc2[nH]c(C(C)(C)C)nc2n1. The van der Waals surface area contributed by atoms with E-state index < -0.39 is 0 Å². The van der Waals surface area contributed by atoms with E-state index in [-0.39, 0.29) is 5.41 Å². The summed E-state index contributed by atoms with van der Waals surface area (Å²) in [5.41, 5.74) is 2.99. The Morgan fingerprint density at radius 1 is 1.12 bits per heavy atom. The molecule has 0 saturated heterocycles. The Morgan fingerprint density at radius 3 is 2.38 bits per heavy atom. The van der Waals surface area contributed by atoms with Gasteiger partial charge in [-0.05, 0) is 18.1 Å². The monoisotopic (exact) mass is 217 g/mol. The van der Waals surface area contributed by atoms with Crippen LogP contribution in [0.3, 0.4) is 0 Å². The molecular formula is C13H19N3. The van der Waals surface area contributed by atoms with Crippen molar-refractivity contribution in [1.29, 1.82) is 0 Å². The molecule has 3 heteroatoms. The molecule has 2 aromatic heterocycles. The van der Waals surface area contributed by atoms with Crippen molar-refractivity contribution in [2.45, 2.75) is 46.0 Å². The number of fused-ring (bicyclic) bond motifs is 1. The van der Waals surface area contributed by atoms with Crippen LogP contribution >= 0.6 is 0 Å². The number of imidazole rings is 1. The highest BCUT2D eigenvalue weighted by molar-refractivity contribution is 5.71. The van der Waals surface area contributed by atoms with Gasteiger partial charge in [-0.15, -0.1) is 0 Å². The molecule has 16 heavy (non-hydrogen) atoms. The van der Waals surface area contributed by atoms with Crippen molar-refractivity contribution in [3.05, 3.63) is 23.7 Å². The molecule has 0 aromatic carbocycles. The van der Waals surface area contributed by atoms with Gasteiger partial charge in [0, 0.05) is 11.1 Å². The van der Waals surface area contributed by atoms with Gasteiger partial charge in [-0.2, -0.15) is 0 Å². The highest BCUT2D eigenvalue weighted by Crippen LogP contribution is 2.22. The number of aromatic nitrogens is 3. The zero-order valence-electron chi connectivity index (χ0n) is 10.6. The molecule has 1 N–H and O–H groups in total. The largest absolute Gasteiger partial charge is 0.340 e. The summed E-state index contributed by atoms with van der Waals surface area (Å²) in [5, 5.41) is 0. The number of nitrogens with zero attached hydrogens (tertiary/aromatic N) is 2. The van der Waals surface area contributed by atoms with Crippen LogP contribution < -0.4 is 0 Å². The minimum atomic E-state index is 0.0404. The fraction of sp³-hybridized carbons (Fsp3) is 0.538. The maximum absolute atomic E-state index is 4.57. The summed E-state index contributed by atoms with van der Waals surface area (Å²) in [5.74, 6) is 1.44. The summed E-state index contributed by atoms with van der Waals surface area (Å²) in [6, 6.07) is 4.14. The Bertz CT molecular complexity index is 503. The van der Waals surface area contributed by atoms with E-state index in [1.54, 1.807) is 0 Å². The molecule has 0 amide bonds. The first-order valence-corrected chi connectivity index (χ1v) is 5.75. The van der Waals surface area contributed by atoms with Gasteiger partial charge in [0.05, 0.1) is 5.52 Å². The van der Waals surface area contributed by atoms with E-state index in [0.717, 1.165) is 22.7 Å². The van der Waals surface area contributed by atoms with Crippen molar-refractivity contribution in [2.75, 3.05) is 0 Å². The minimum absolute atomic E-state index is 0.0404. The van der Waals surface area contributed by atoms with E-state index in [9.17, 15) is 0 Å². The lowest BCUT2D eigenvalue weighted by Gasteiger charge is -2.13. The average Bonchev–Trinajstić information content (AvgIpc) is 2.58. The summed E-state index contributed by atoms with van der Waals surface area (Å²) in [6.45, 7) is 10.7. The van der Waals surface area contributed by atoms with Crippen LogP contribution in [0, 0.1) is 0 Å². The number of aromatic amines is 1. The second-order valence-corrected chi connectivity index (χ2v) is 5.60. The van der Waals surface area contributed by atoms with E-state index in [0.29, 0.717) is 5.92 Å². The van der Waals surface area contributed by atoms with Crippen LogP contribution in [0.5, 0.6) is 0 Å². The van der Waals surface area contributed by atoms with E-state index in [4.69, 9.17) is 0 Å². The summed E-state index contributed by atoms with van der Waals surface area (Å²) in [6.07, 6.45) is 0. The van der Waals surface area contributed by atoms with Crippen LogP contribution in [0.2, 0.25) is 0 Å². The third-order valence-corrected chi connectivity index (χ3v) is 2.67. The molecule has 0 saturated carbocycles. The number of nitrogens with one attached hydrogen (secondary N) is 1. The number of H-pyrrole nitrogens is 1. The highest BCUT2D eigenvalue weighted by Gasteiger charge is 2.18. The Labute approximate surface area is 96.3 Å². The molecule has 0 unspecified atom stereocenters. The molecular weight excluding hydrogens is 198 g/mol. The number of hydrogen-bond acceptors (Lipinski definition) is 2. The number of rotatable bonds is 1. The topological polar surface area (TPSA) is 41.6 Å². The van der Waals surface area contributed by atoms with Crippen LogP contribution in [0.4, 0.5) is 0 Å². The normalized spacial score (nSPS) is 12.6. The fourth-order valence-electron chi connectivity index (χ4n) is 1.58. The van der Waals surface area contributed by atoms with Crippen LogP contribution in [-0.4, -0.2) is 15.0 Å². The van der Waals surface area contributed by atoms with Gasteiger partial charge in [0.25, 0.3) is 0 Å². The third kappa shape index (κ3) is 1.94. The molecule has 86 valence electrons. The van der Waals surface area contributed by atoms with Gasteiger partial charge in [-0.3, -0.25) is 0 Å². The lowest BCUT2D eigenvalue weighted by atomic mass is 9.96.